The molecule has 0 fully saturated rings. The molecular weight excluding hydrogens is 519 g/mol. The molecule has 1 aromatic heterocycles. The largest absolute Gasteiger partial charge is 0.493 e. The van der Waals surface area contributed by atoms with Crippen LogP contribution in [0.1, 0.15) is 62.5 Å². The molecule has 3 aromatic rings. The topological polar surface area (TPSA) is 98.1 Å². The van der Waals surface area contributed by atoms with Crippen LogP contribution < -0.4 is 14.8 Å². The second-order valence-corrected chi connectivity index (χ2v) is 12.3. The first kappa shape index (κ1) is 28.1. The minimum Gasteiger partial charge on any atom is -0.493 e. The van der Waals surface area contributed by atoms with Crippen LogP contribution in [0.5, 0.6) is 5.75 Å². The Morgan fingerprint density at radius 2 is 1.92 bits per heavy atom. The molecule has 4 rings (SSSR count). The molecule has 1 aliphatic heterocycles. The van der Waals surface area contributed by atoms with E-state index in [1.54, 1.807) is 17.8 Å². The standard InChI is InChI=1S/C26H32F3N5O3S/c1-17(32-38(35,36)21-7-5-6-19(14-21)26(27,28)29)12-20-16-34(33-31-20)23-10-11-37-24-13-18(8-9-22(23)24)15-30-25(2,3)4/h5-9,13-14,16-17,23,30,32H,10-12,15H2,1-4H3/t17-,23+/m0/s1. The molecule has 2 N–H and O–H groups in total. The zero-order chi connectivity index (χ0) is 27.7. The molecule has 1 aliphatic rings. The van der Waals surface area contributed by atoms with E-state index < -0.39 is 32.7 Å². The van der Waals surface area contributed by atoms with Gasteiger partial charge < -0.3 is 10.1 Å². The van der Waals surface area contributed by atoms with Crippen molar-refractivity contribution in [2.45, 2.75) is 75.8 Å². The quantitative estimate of drug-likeness (QED) is 0.429. The average molecular weight is 552 g/mol. The van der Waals surface area contributed by atoms with Gasteiger partial charge in [0.15, 0.2) is 0 Å². The molecule has 2 heterocycles. The van der Waals surface area contributed by atoms with Gasteiger partial charge in [-0.05, 0) is 57.5 Å². The van der Waals surface area contributed by atoms with Crippen molar-refractivity contribution in [2.75, 3.05) is 6.61 Å². The smallest absolute Gasteiger partial charge is 0.416 e. The highest BCUT2D eigenvalue weighted by molar-refractivity contribution is 7.89. The van der Waals surface area contributed by atoms with Gasteiger partial charge in [0.1, 0.15) is 5.75 Å². The van der Waals surface area contributed by atoms with Crippen molar-refractivity contribution in [2.24, 2.45) is 0 Å². The molecule has 0 radical (unpaired) electrons. The highest BCUT2D eigenvalue weighted by Crippen LogP contribution is 2.35. The van der Waals surface area contributed by atoms with Gasteiger partial charge >= 0.3 is 6.18 Å². The Bertz CT molecular complexity index is 1380. The third-order valence-electron chi connectivity index (χ3n) is 6.13. The predicted octanol–water partition coefficient (Wildman–Crippen LogP) is 4.47. The van der Waals surface area contributed by atoms with E-state index in [2.05, 4.69) is 47.2 Å². The fraction of sp³-hybridized carbons (Fsp3) is 0.462. The van der Waals surface area contributed by atoms with E-state index in [0.717, 1.165) is 35.1 Å². The van der Waals surface area contributed by atoms with Gasteiger partial charge in [-0.1, -0.05) is 23.4 Å². The fourth-order valence-electron chi connectivity index (χ4n) is 4.25. The minimum absolute atomic E-state index is 0.00510. The molecule has 2 atom stereocenters. The zero-order valence-corrected chi connectivity index (χ0v) is 22.5. The molecule has 206 valence electrons. The summed E-state index contributed by atoms with van der Waals surface area (Å²) in [6.07, 6.45) is -1.95. The average Bonchev–Trinajstić information content (AvgIpc) is 3.29. The summed E-state index contributed by atoms with van der Waals surface area (Å²) >= 11 is 0. The van der Waals surface area contributed by atoms with E-state index in [1.807, 2.05) is 12.1 Å². The first-order valence-corrected chi connectivity index (χ1v) is 13.8. The fourth-order valence-corrected chi connectivity index (χ4v) is 5.54. The first-order valence-electron chi connectivity index (χ1n) is 12.3. The molecular formula is C26H32F3N5O3S. The SMILES string of the molecule is C[C@@H](Cc1cn([C@@H]2CCOc3cc(CNC(C)(C)C)ccc32)nn1)NS(=O)(=O)c1cccc(C(F)(F)F)c1. The summed E-state index contributed by atoms with van der Waals surface area (Å²) in [6, 6.07) is 9.08. The number of fused-ring (bicyclic) bond motifs is 1. The van der Waals surface area contributed by atoms with Gasteiger partial charge in [-0.25, -0.2) is 17.8 Å². The van der Waals surface area contributed by atoms with Crippen molar-refractivity contribution in [3.05, 3.63) is 71.0 Å². The van der Waals surface area contributed by atoms with E-state index in [1.165, 1.54) is 0 Å². The molecule has 8 nitrogen and oxygen atoms in total. The van der Waals surface area contributed by atoms with E-state index >= 15 is 0 Å². The molecule has 0 unspecified atom stereocenters. The molecule has 0 saturated heterocycles. The highest BCUT2D eigenvalue weighted by atomic mass is 32.2. The number of ether oxygens (including phenoxy) is 1. The lowest BCUT2D eigenvalue weighted by atomic mass is 9.98. The number of hydrogen-bond donors (Lipinski definition) is 2. The number of halogens is 3. The summed E-state index contributed by atoms with van der Waals surface area (Å²) in [5.41, 5.74) is 1.63. The molecule has 0 saturated carbocycles. The van der Waals surface area contributed by atoms with Crippen molar-refractivity contribution in [3.63, 3.8) is 0 Å². The normalized spacial score (nSPS) is 17.1. The first-order chi connectivity index (χ1) is 17.7. The van der Waals surface area contributed by atoms with Crippen LogP contribution in [0.25, 0.3) is 0 Å². The number of sulfonamides is 1. The van der Waals surface area contributed by atoms with Crippen LogP contribution >= 0.6 is 0 Å². The van der Waals surface area contributed by atoms with Gasteiger partial charge in [-0.3, -0.25) is 0 Å². The van der Waals surface area contributed by atoms with Crippen LogP contribution in [0.3, 0.4) is 0 Å². The van der Waals surface area contributed by atoms with Crippen molar-refractivity contribution in [1.82, 2.24) is 25.0 Å². The summed E-state index contributed by atoms with van der Waals surface area (Å²) in [5.74, 6) is 0.800. The summed E-state index contributed by atoms with van der Waals surface area (Å²) in [5, 5.41) is 11.9. The second kappa shape index (κ2) is 10.7. The number of hydrogen-bond acceptors (Lipinski definition) is 6. The molecule has 0 aliphatic carbocycles. The Balaban J connectivity index is 1.43. The monoisotopic (exact) mass is 551 g/mol. The maximum atomic E-state index is 13.0. The second-order valence-electron chi connectivity index (χ2n) is 10.6. The lowest BCUT2D eigenvalue weighted by Gasteiger charge is -2.27. The number of nitrogens with one attached hydrogen (secondary N) is 2. The van der Waals surface area contributed by atoms with Crippen LogP contribution in [-0.4, -0.2) is 41.6 Å². The summed E-state index contributed by atoms with van der Waals surface area (Å²) in [6.45, 7) is 9.19. The number of aromatic nitrogens is 3. The molecule has 12 heteroatoms. The van der Waals surface area contributed by atoms with Gasteiger partial charge in [-0.2, -0.15) is 13.2 Å². The molecule has 2 aromatic carbocycles. The molecule has 0 bridgehead atoms. The molecule has 0 spiro atoms. The van der Waals surface area contributed by atoms with Crippen LogP contribution in [0.2, 0.25) is 0 Å². The Morgan fingerprint density at radius 3 is 2.63 bits per heavy atom. The van der Waals surface area contributed by atoms with Gasteiger partial charge in [0.25, 0.3) is 0 Å². The van der Waals surface area contributed by atoms with Crippen LogP contribution in [0, 0.1) is 0 Å². The number of benzene rings is 2. The van der Waals surface area contributed by atoms with Crippen molar-refractivity contribution < 1.29 is 26.3 Å². The van der Waals surface area contributed by atoms with Gasteiger partial charge in [0.2, 0.25) is 10.0 Å². The third-order valence-corrected chi connectivity index (χ3v) is 7.72. The molecule has 38 heavy (non-hydrogen) atoms. The van der Waals surface area contributed by atoms with Crippen LogP contribution in [-0.2, 0) is 29.2 Å². The Labute approximate surface area is 220 Å². The Kier molecular flexibility index (Phi) is 7.87. The summed E-state index contributed by atoms with van der Waals surface area (Å²) < 4.78 is 74.5. The highest BCUT2D eigenvalue weighted by Gasteiger charge is 2.32. The summed E-state index contributed by atoms with van der Waals surface area (Å²) in [4.78, 5) is -0.446. The maximum Gasteiger partial charge on any atom is 0.416 e. The van der Waals surface area contributed by atoms with E-state index in [-0.39, 0.29) is 18.0 Å². The van der Waals surface area contributed by atoms with E-state index in [0.29, 0.717) is 31.3 Å². The third kappa shape index (κ3) is 6.91. The predicted molar refractivity (Wildman–Crippen MR) is 136 cm³/mol. The van der Waals surface area contributed by atoms with E-state index in [4.69, 9.17) is 4.74 Å². The van der Waals surface area contributed by atoms with Gasteiger partial charge in [0, 0.05) is 42.7 Å². The van der Waals surface area contributed by atoms with Crippen molar-refractivity contribution in [1.29, 1.82) is 0 Å². The van der Waals surface area contributed by atoms with Crippen molar-refractivity contribution >= 4 is 10.0 Å². The van der Waals surface area contributed by atoms with Gasteiger partial charge in [0.05, 0.1) is 28.8 Å². The Morgan fingerprint density at radius 1 is 1.16 bits per heavy atom. The number of nitrogens with zero attached hydrogens (tertiary/aromatic N) is 3. The number of rotatable bonds is 8. The lowest BCUT2D eigenvalue weighted by Crippen LogP contribution is -2.35. The number of alkyl halides is 3. The van der Waals surface area contributed by atoms with Gasteiger partial charge in [-0.15, -0.1) is 5.10 Å². The van der Waals surface area contributed by atoms with Crippen molar-refractivity contribution in [3.8, 4) is 5.75 Å². The molecule has 0 amide bonds. The van der Waals surface area contributed by atoms with Crippen LogP contribution in [0.4, 0.5) is 13.2 Å². The minimum atomic E-state index is -4.64. The lowest BCUT2D eigenvalue weighted by molar-refractivity contribution is -0.137. The van der Waals surface area contributed by atoms with E-state index in [9.17, 15) is 21.6 Å². The summed E-state index contributed by atoms with van der Waals surface area (Å²) in [7, 11) is -4.16. The van der Waals surface area contributed by atoms with Crippen LogP contribution in [0.15, 0.2) is 53.6 Å². The Hall–Kier alpha value is -2.96. The maximum absolute atomic E-state index is 13.0. The zero-order valence-electron chi connectivity index (χ0n) is 21.7.